The number of nitrogens with zero attached hydrogens (tertiary/aromatic N) is 1. The largest absolute Gasteiger partial charge is 0.311 e. The van der Waals surface area contributed by atoms with Crippen molar-refractivity contribution in [1.82, 2.24) is 0 Å². The number of para-hydroxylation sites is 1. The van der Waals surface area contributed by atoms with Crippen molar-refractivity contribution in [1.29, 1.82) is 0 Å². The molecule has 0 saturated heterocycles. The van der Waals surface area contributed by atoms with Gasteiger partial charge in [-0.05, 0) is 29.5 Å². The Morgan fingerprint density at radius 1 is 1.00 bits per heavy atom. The average Bonchev–Trinajstić information content (AvgIpc) is 2.76. The zero-order valence-electron chi connectivity index (χ0n) is 10.7. The van der Waals surface area contributed by atoms with Crippen LogP contribution in [0.4, 0.5) is 5.69 Å². The molecule has 1 unspecified atom stereocenters. The second-order valence-corrected chi connectivity index (χ2v) is 5.29. The highest BCUT2D eigenvalue weighted by atomic mass is 16.2. The van der Waals surface area contributed by atoms with Gasteiger partial charge in [0.25, 0.3) is 0 Å². The molecule has 1 atom stereocenters. The zero-order chi connectivity index (χ0) is 12.8. The second-order valence-electron chi connectivity index (χ2n) is 5.29. The minimum absolute atomic E-state index is 0.103. The van der Waals surface area contributed by atoms with E-state index in [0.29, 0.717) is 0 Å². The molecule has 2 aromatic carbocycles. The Kier molecular flexibility index (Phi) is 2.25. The molecule has 19 heavy (non-hydrogen) atoms. The normalized spacial score (nSPS) is 20.5. The smallest absolute Gasteiger partial charge is 0.239 e. The van der Waals surface area contributed by atoms with Gasteiger partial charge >= 0.3 is 0 Å². The maximum absolute atomic E-state index is 12.7. The van der Waals surface area contributed by atoms with Crippen LogP contribution in [0.15, 0.2) is 48.5 Å². The summed E-state index contributed by atoms with van der Waals surface area (Å²) in [5, 5.41) is 0. The number of hydrogen-bond acceptors (Lipinski definition) is 1. The minimum Gasteiger partial charge on any atom is -0.311 e. The Hall–Kier alpha value is -2.09. The molecule has 0 aromatic heterocycles. The fourth-order valence-corrected chi connectivity index (χ4v) is 3.39. The predicted octanol–water partition coefficient (Wildman–Crippen LogP) is 3.11. The van der Waals surface area contributed by atoms with Gasteiger partial charge in [0.05, 0.1) is 11.6 Å². The van der Waals surface area contributed by atoms with E-state index in [4.69, 9.17) is 0 Å². The van der Waals surface area contributed by atoms with Crippen molar-refractivity contribution >= 4 is 11.6 Å². The first kappa shape index (κ1) is 10.8. The third-order valence-electron chi connectivity index (χ3n) is 4.21. The van der Waals surface area contributed by atoms with Gasteiger partial charge in [-0.3, -0.25) is 4.79 Å². The van der Waals surface area contributed by atoms with E-state index in [1.165, 1.54) is 16.8 Å². The highest BCUT2D eigenvalue weighted by Gasteiger charge is 2.40. The lowest BCUT2D eigenvalue weighted by molar-refractivity contribution is -0.118. The highest BCUT2D eigenvalue weighted by Crippen LogP contribution is 2.45. The van der Waals surface area contributed by atoms with Gasteiger partial charge in [0.2, 0.25) is 5.91 Å². The van der Waals surface area contributed by atoms with E-state index in [-0.39, 0.29) is 11.8 Å². The molecule has 0 fully saturated rings. The molecule has 0 spiro atoms. The summed E-state index contributed by atoms with van der Waals surface area (Å²) < 4.78 is 0. The molecule has 2 aliphatic rings. The van der Waals surface area contributed by atoms with Crippen molar-refractivity contribution in [2.75, 3.05) is 11.4 Å². The summed E-state index contributed by atoms with van der Waals surface area (Å²) >= 11 is 0. The Morgan fingerprint density at radius 2 is 1.84 bits per heavy atom. The molecule has 94 valence electrons. The predicted molar refractivity (Wildman–Crippen MR) is 75.4 cm³/mol. The summed E-state index contributed by atoms with van der Waals surface area (Å²) in [7, 11) is 0. The van der Waals surface area contributed by atoms with Gasteiger partial charge in [-0.15, -0.1) is 0 Å². The molecule has 2 heterocycles. The van der Waals surface area contributed by atoms with Crippen LogP contribution in [0.3, 0.4) is 0 Å². The van der Waals surface area contributed by atoms with E-state index in [1.54, 1.807) is 0 Å². The zero-order valence-corrected chi connectivity index (χ0v) is 10.7. The van der Waals surface area contributed by atoms with E-state index in [0.717, 1.165) is 24.9 Å². The fraction of sp³-hybridized carbons (Fsp3) is 0.235. The number of carbonyl (C=O) groups excluding carboxylic acids is 1. The Labute approximate surface area is 112 Å². The van der Waals surface area contributed by atoms with Gasteiger partial charge in [0.15, 0.2) is 0 Å². The first-order chi connectivity index (χ1) is 9.36. The van der Waals surface area contributed by atoms with E-state index >= 15 is 0 Å². The van der Waals surface area contributed by atoms with Crippen molar-refractivity contribution < 1.29 is 4.79 Å². The van der Waals surface area contributed by atoms with Crippen LogP contribution in [0, 0.1) is 0 Å². The topological polar surface area (TPSA) is 20.3 Å². The number of aryl methyl sites for hydroxylation is 1. The highest BCUT2D eigenvalue weighted by molar-refractivity contribution is 6.08. The number of amides is 1. The molecular weight excluding hydrogens is 234 g/mol. The first-order valence-electron chi connectivity index (χ1n) is 6.84. The Bertz CT molecular complexity index is 648. The number of carbonyl (C=O) groups is 1. The van der Waals surface area contributed by atoms with Gasteiger partial charge < -0.3 is 4.90 Å². The van der Waals surface area contributed by atoms with Crippen molar-refractivity contribution in [3.63, 3.8) is 0 Å². The van der Waals surface area contributed by atoms with Crippen LogP contribution in [-0.4, -0.2) is 12.5 Å². The molecule has 2 nitrogen and oxygen atoms in total. The Morgan fingerprint density at radius 3 is 2.68 bits per heavy atom. The SMILES string of the molecule is O=C1C(c2ccccc2)c2cccc3c2N1CCC3. The first-order valence-corrected chi connectivity index (χ1v) is 6.84. The van der Waals surface area contributed by atoms with Gasteiger partial charge in [-0.1, -0.05) is 48.5 Å². The van der Waals surface area contributed by atoms with Crippen LogP contribution in [0.5, 0.6) is 0 Å². The lowest BCUT2D eigenvalue weighted by Crippen LogP contribution is -2.33. The quantitative estimate of drug-likeness (QED) is 0.760. The molecule has 0 aliphatic carbocycles. The summed E-state index contributed by atoms with van der Waals surface area (Å²) in [6.45, 7) is 0.867. The third-order valence-corrected chi connectivity index (χ3v) is 4.21. The van der Waals surface area contributed by atoms with Crippen LogP contribution in [0.1, 0.15) is 29.0 Å². The maximum atomic E-state index is 12.7. The van der Waals surface area contributed by atoms with Gasteiger partial charge in [0.1, 0.15) is 0 Å². The number of rotatable bonds is 1. The monoisotopic (exact) mass is 249 g/mol. The molecule has 0 bridgehead atoms. The lowest BCUT2D eigenvalue weighted by atomic mass is 9.91. The summed E-state index contributed by atoms with van der Waals surface area (Å²) in [6, 6.07) is 16.5. The van der Waals surface area contributed by atoms with Crippen LogP contribution < -0.4 is 4.90 Å². The van der Waals surface area contributed by atoms with Crippen molar-refractivity contribution in [2.45, 2.75) is 18.8 Å². The number of hydrogen-bond donors (Lipinski definition) is 0. The van der Waals surface area contributed by atoms with Crippen LogP contribution >= 0.6 is 0 Å². The average molecular weight is 249 g/mol. The van der Waals surface area contributed by atoms with Gasteiger partial charge in [-0.2, -0.15) is 0 Å². The molecule has 0 saturated carbocycles. The molecule has 0 radical (unpaired) electrons. The van der Waals surface area contributed by atoms with E-state index in [1.807, 2.05) is 23.1 Å². The molecule has 0 N–H and O–H groups in total. The second kappa shape index (κ2) is 3.95. The fourth-order valence-electron chi connectivity index (χ4n) is 3.39. The molecule has 1 amide bonds. The molecule has 2 aliphatic heterocycles. The number of benzene rings is 2. The van der Waals surface area contributed by atoms with Crippen LogP contribution in [-0.2, 0) is 11.2 Å². The lowest BCUT2D eigenvalue weighted by Gasteiger charge is -2.25. The van der Waals surface area contributed by atoms with Crippen molar-refractivity contribution in [2.24, 2.45) is 0 Å². The molecule has 2 aromatic rings. The van der Waals surface area contributed by atoms with Crippen LogP contribution in [0.25, 0.3) is 0 Å². The summed E-state index contributed by atoms with van der Waals surface area (Å²) in [4.78, 5) is 14.7. The summed E-state index contributed by atoms with van der Waals surface area (Å²) in [6.07, 6.45) is 2.16. The van der Waals surface area contributed by atoms with E-state index in [2.05, 4.69) is 30.3 Å². The van der Waals surface area contributed by atoms with Crippen molar-refractivity contribution in [3.8, 4) is 0 Å². The third kappa shape index (κ3) is 1.46. The molecule has 2 heteroatoms. The summed E-state index contributed by atoms with van der Waals surface area (Å²) in [5.74, 6) is 0.141. The van der Waals surface area contributed by atoms with E-state index in [9.17, 15) is 4.79 Å². The molecule has 4 rings (SSSR count). The Balaban J connectivity index is 1.93. The van der Waals surface area contributed by atoms with Gasteiger partial charge in [0, 0.05) is 6.54 Å². The van der Waals surface area contributed by atoms with Crippen LogP contribution in [0.2, 0.25) is 0 Å². The summed E-state index contributed by atoms with van der Waals surface area (Å²) in [5.41, 5.74) is 4.81. The van der Waals surface area contributed by atoms with E-state index < -0.39 is 0 Å². The molecular formula is C17H15NO. The van der Waals surface area contributed by atoms with Crippen molar-refractivity contribution in [3.05, 3.63) is 65.2 Å². The number of anilines is 1. The minimum atomic E-state index is -0.103. The standard InChI is InChI=1S/C17H15NO/c19-17-15(12-6-2-1-3-7-12)14-10-4-8-13-9-5-11-18(17)16(13)14/h1-4,6-8,10,15H,5,9,11H2. The maximum Gasteiger partial charge on any atom is 0.239 e. The van der Waals surface area contributed by atoms with Gasteiger partial charge in [-0.25, -0.2) is 0 Å².